The highest BCUT2D eigenvalue weighted by Crippen LogP contribution is 2.18. The van der Waals surface area contributed by atoms with Gasteiger partial charge in [-0.3, -0.25) is 0 Å². The van der Waals surface area contributed by atoms with Crippen molar-refractivity contribution in [3.8, 4) is 0 Å². The van der Waals surface area contributed by atoms with E-state index in [1.165, 1.54) is 0 Å². The molecule has 25 heavy (non-hydrogen) atoms. The first kappa shape index (κ1) is 19.6. The molecule has 3 rings (SSSR count). The largest absolute Gasteiger partial charge is 0.376 e. The molecule has 0 amide bonds. The summed E-state index contributed by atoms with van der Waals surface area (Å²) in [4.78, 5) is 4.41. The molecular weight excluding hydrogens is 362 g/mol. The molecule has 0 aromatic rings. The maximum absolute atomic E-state index is 6.28. The number of morpholine rings is 1. The summed E-state index contributed by atoms with van der Waals surface area (Å²) in [5, 5.41) is 4.31. The SMILES string of the molecule is CN1CC(Cl)CC(OC[C@@H]2CN(C(=S)NCC3CCCO3)CCO2)C1. The van der Waals surface area contributed by atoms with E-state index >= 15 is 0 Å². The number of ether oxygens (including phenoxy) is 3. The summed E-state index contributed by atoms with van der Waals surface area (Å²) in [7, 11) is 2.09. The molecule has 144 valence electrons. The maximum Gasteiger partial charge on any atom is 0.169 e. The second kappa shape index (κ2) is 9.67. The van der Waals surface area contributed by atoms with Crippen molar-refractivity contribution in [3.05, 3.63) is 0 Å². The van der Waals surface area contributed by atoms with Crippen molar-refractivity contribution in [2.24, 2.45) is 0 Å². The third-order valence-electron chi connectivity index (χ3n) is 4.99. The van der Waals surface area contributed by atoms with Gasteiger partial charge in [0.05, 0.1) is 31.5 Å². The molecule has 3 aliphatic heterocycles. The number of hydrogen-bond acceptors (Lipinski definition) is 5. The summed E-state index contributed by atoms with van der Waals surface area (Å²) < 4.78 is 17.6. The van der Waals surface area contributed by atoms with Crippen LogP contribution in [0.5, 0.6) is 0 Å². The number of rotatable bonds is 5. The van der Waals surface area contributed by atoms with Gasteiger partial charge < -0.3 is 29.3 Å². The second-order valence-electron chi connectivity index (χ2n) is 7.27. The zero-order chi connectivity index (χ0) is 17.6. The van der Waals surface area contributed by atoms with Crippen molar-refractivity contribution >= 4 is 28.9 Å². The number of likely N-dealkylation sites (tertiary alicyclic amines) is 1. The van der Waals surface area contributed by atoms with E-state index < -0.39 is 0 Å². The number of halogens is 1. The van der Waals surface area contributed by atoms with E-state index in [0.29, 0.717) is 19.3 Å². The standard InChI is InChI=1S/C17H30ClN3O3S/c1-20-9-13(18)7-15(10-20)24-12-16-11-21(4-6-23-16)17(25)19-8-14-3-2-5-22-14/h13-16H,2-12H2,1H3,(H,19,25)/t13?,14?,15?,16-/m0/s1. The molecule has 3 aliphatic rings. The highest BCUT2D eigenvalue weighted by atomic mass is 35.5. The number of hydrogen-bond donors (Lipinski definition) is 1. The molecule has 3 fully saturated rings. The summed E-state index contributed by atoms with van der Waals surface area (Å²) >= 11 is 11.8. The Kier molecular flexibility index (Phi) is 7.57. The van der Waals surface area contributed by atoms with Crippen LogP contribution in [0, 0.1) is 0 Å². The third-order valence-corrected chi connectivity index (χ3v) is 5.71. The monoisotopic (exact) mass is 391 g/mol. The molecule has 4 atom stereocenters. The van der Waals surface area contributed by atoms with Crippen molar-refractivity contribution in [1.29, 1.82) is 0 Å². The van der Waals surface area contributed by atoms with Gasteiger partial charge in [-0.1, -0.05) is 0 Å². The van der Waals surface area contributed by atoms with Gasteiger partial charge in [0.1, 0.15) is 0 Å². The Hall–Kier alpha value is -0.180. The Balaban J connectivity index is 1.37. The fourth-order valence-electron chi connectivity index (χ4n) is 3.68. The van der Waals surface area contributed by atoms with Gasteiger partial charge in [-0.05, 0) is 38.5 Å². The molecule has 3 unspecified atom stereocenters. The van der Waals surface area contributed by atoms with Crippen molar-refractivity contribution in [2.75, 3.05) is 59.6 Å². The normalized spacial score (nSPS) is 34.2. The molecule has 0 bridgehead atoms. The average Bonchev–Trinajstić information content (AvgIpc) is 3.11. The van der Waals surface area contributed by atoms with E-state index in [2.05, 4.69) is 22.2 Å². The lowest BCUT2D eigenvalue weighted by atomic mass is 10.1. The van der Waals surface area contributed by atoms with Gasteiger partial charge in [-0.25, -0.2) is 0 Å². The third kappa shape index (κ3) is 6.19. The van der Waals surface area contributed by atoms with Crippen LogP contribution in [-0.2, 0) is 14.2 Å². The van der Waals surface area contributed by atoms with Crippen molar-refractivity contribution in [1.82, 2.24) is 15.1 Å². The van der Waals surface area contributed by atoms with Crippen LogP contribution in [0.15, 0.2) is 0 Å². The summed E-state index contributed by atoms with van der Waals surface area (Å²) in [5.41, 5.74) is 0. The van der Waals surface area contributed by atoms with Crippen LogP contribution in [0.2, 0.25) is 0 Å². The number of piperidine rings is 1. The predicted octanol–water partition coefficient (Wildman–Crippen LogP) is 1.07. The van der Waals surface area contributed by atoms with Crippen LogP contribution in [0.3, 0.4) is 0 Å². The Labute approximate surface area is 161 Å². The summed E-state index contributed by atoms with van der Waals surface area (Å²) in [5.74, 6) is 0. The Morgan fingerprint density at radius 3 is 2.84 bits per heavy atom. The van der Waals surface area contributed by atoms with Gasteiger partial charge in [0.2, 0.25) is 0 Å². The molecule has 0 spiro atoms. The molecular formula is C17H30ClN3O3S. The van der Waals surface area contributed by atoms with Gasteiger partial charge in [-0.15, -0.1) is 11.6 Å². The van der Waals surface area contributed by atoms with Crippen LogP contribution >= 0.6 is 23.8 Å². The minimum atomic E-state index is 0.0530. The highest BCUT2D eigenvalue weighted by Gasteiger charge is 2.28. The number of thiocarbonyl (C=S) groups is 1. The molecule has 3 saturated heterocycles. The fraction of sp³-hybridized carbons (Fsp3) is 0.941. The lowest BCUT2D eigenvalue weighted by Gasteiger charge is -2.37. The molecule has 0 aliphatic carbocycles. The number of alkyl halides is 1. The van der Waals surface area contributed by atoms with Gasteiger partial charge >= 0.3 is 0 Å². The fourth-order valence-corrected chi connectivity index (χ4v) is 4.37. The lowest BCUT2D eigenvalue weighted by Crippen LogP contribution is -2.52. The van der Waals surface area contributed by atoms with E-state index in [4.69, 9.17) is 38.0 Å². The van der Waals surface area contributed by atoms with Crippen LogP contribution < -0.4 is 5.32 Å². The molecule has 1 N–H and O–H groups in total. The summed E-state index contributed by atoms with van der Waals surface area (Å²) in [6, 6.07) is 0. The Morgan fingerprint density at radius 1 is 1.24 bits per heavy atom. The first-order valence-corrected chi connectivity index (χ1v) is 10.1. The Bertz CT molecular complexity index is 429. The molecule has 0 radical (unpaired) electrons. The van der Waals surface area contributed by atoms with Gasteiger partial charge in [-0.2, -0.15) is 0 Å². The van der Waals surface area contributed by atoms with Crippen LogP contribution in [-0.4, -0.2) is 98.2 Å². The molecule has 8 heteroatoms. The minimum absolute atomic E-state index is 0.0530. The first-order valence-electron chi connectivity index (χ1n) is 9.30. The number of nitrogens with one attached hydrogen (secondary N) is 1. The van der Waals surface area contributed by atoms with Crippen LogP contribution in [0.1, 0.15) is 19.3 Å². The topological polar surface area (TPSA) is 46.2 Å². The predicted molar refractivity (Wildman–Crippen MR) is 102 cm³/mol. The molecule has 0 aromatic carbocycles. The smallest absolute Gasteiger partial charge is 0.169 e. The van der Waals surface area contributed by atoms with E-state index in [1.54, 1.807) is 0 Å². The number of nitrogens with zero attached hydrogens (tertiary/aromatic N) is 2. The average molecular weight is 392 g/mol. The molecule has 0 aromatic heterocycles. The minimum Gasteiger partial charge on any atom is -0.376 e. The first-order chi connectivity index (χ1) is 12.1. The Morgan fingerprint density at radius 2 is 2.08 bits per heavy atom. The van der Waals surface area contributed by atoms with Crippen molar-refractivity contribution < 1.29 is 14.2 Å². The van der Waals surface area contributed by atoms with E-state index in [1.807, 2.05) is 0 Å². The zero-order valence-corrected chi connectivity index (χ0v) is 16.6. The van der Waals surface area contributed by atoms with Crippen LogP contribution in [0.4, 0.5) is 0 Å². The van der Waals surface area contributed by atoms with E-state index in [-0.39, 0.29) is 17.6 Å². The van der Waals surface area contributed by atoms with Crippen LogP contribution in [0.25, 0.3) is 0 Å². The quantitative estimate of drug-likeness (QED) is 0.555. The zero-order valence-electron chi connectivity index (χ0n) is 15.0. The van der Waals surface area contributed by atoms with E-state index in [9.17, 15) is 0 Å². The van der Waals surface area contributed by atoms with Gasteiger partial charge in [0.25, 0.3) is 0 Å². The van der Waals surface area contributed by atoms with Crippen molar-refractivity contribution in [2.45, 2.75) is 43.0 Å². The molecule has 6 nitrogen and oxygen atoms in total. The molecule has 3 heterocycles. The second-order valence-corrected chi connectivity index (χ2v) is 8.27. The number of likely N-dealkylation sites (N-methyl/N-ethyl adjacent to an activating group) is 1. The highest BCUT2D eigenvalue weighted by molar-refractivity contribution is 7.80. The van der Waals surface area contributed by atoms with Gasteiger partial charge in [0.15, 0.2) is 5.11 Å². The van der Waals surface area contributed by atoms with E-state index in [0.717, 1.165) is 63.7 Å². The summed E-state index contributed by atoms with van der Waals surface area (Å²) in [6.07, 6.45) is 3.71. The summed E-state index contributed by atoms with van der Waals surface area (Å²) in [6.45, 7) is 6.39. The van der Waals surface area contributed by atoms with Gasteiger partial charge in [0, 0.05) is 44.7 Å². The molecule has 0 saturated carbocycles. The van der Waals surface area contributed by atoms with Crippen molar-refractivity contribution in [3.63, 3.8) is 0 Å². The maximum atomic E-state index is 6.28. The lowest BCUT2D eigenvalue weighted by molar-refractivity contribution is -0.0832.